The van der Waals surface area contributed by atoms with Crippen LogP contribution < -0.4 is 10.1 Å². The quantitative estimate of drug-likeness (QED) is 0.691. The van der Waals surface area contributed by atoms with Crippen molar-refractivity contribution in [2.75, 3.05) is 25.5 Å². The summed E-state index contributed by atoms with van der Waals surface area (Å²) in [6, 6.07) is 13.4. The second kappa shape index (κ2) is 10.2. The van der Waals surface area contributed by atoms with Crippen LogP contribution in [0.25, 0.3) is 6.08 Å². The van der Waals surface area contributed by atoms with Crippen molar-refractivity contribution in [1.29, 1.82) is 5.26 Å². The lowest BCUT2D eigenvalue weighted by Gasteiger charge is -2.20. The lowest BCUT2D eigenvalue weighted by Crippen LogP contribution is -2.32. The van der Waals surface area contributed by atoms with Crippen molar-refractivity contribution in [1.82, 2.24) is 4.31 Å². The zero-order valence-corrected chi connectivity index (χ0v) is 18.2. The number of hydrogen-bond acceptors (Lipinski definition) is 5. The first-order valence-electron chi connectivity index (χ1n) is 10.1. The predicted octanol–water partition coefficient (Wildman–Crippen LogP) is 3.78. The SMILES string of the molecule is COc1ccc(S(=O)(=O)N2CCCCCC2)cc1NC(=O)/C=C/c1ccccc1C#N. The molecule has 2 aromatic carbocycles. The molecule has 0 aromatic heterocycles. The number of sulfonamides is 1. The second-order valence-electron chi connectivity index (χ2n) is 7.20. The van der Waals surface area contributed by atoms with Gasteiger partial charge in [-0.2, -0.15) is 9.57 Å². The fourth-order valence-electron chi connectivity index (χ4n) is 3.46. The molecule has 1 heterocycles. The molecule has 1 fully saturated rings. The predicted molar refractivity (Wildman–Crippen MR) is 119 cm³/mol. The van der Waals surface area contributed by atoms with E-state index in [1.54, 1.807) is 24.3 Å². The molecule has 31 heavy (non-hydrogen) atoms. The summed E-state index contributed by atoms with van der Waals surface area (Å²) in [7, 11) is -2.21. The molecule has 0 bridgehead atoms. The van der Waals surface area contributed by atoms with Crippen molar-refractivity contribution < 1.29 is 17.9 Å². The molecule has 2 aromatic rings. The van der Waals surface area contributed by atoms with E-state index in [0.717, 1.165) is 25.7 Å². The molecule has 7 nitrogen and oxygen atoms in total. The highest BCUT2D eigenvalue weighted by atomic mass is 32.2. The van der Waals surface area contributed by atoms with E-state index in [4.69, 9.17) is 10.00 Å². The standard InChI is InChI=1S/C23H25N3O4S/c1-30-22-12-11-20(31(28,29)26-14-6-2-3-7-15-26)16-21(22)25-23(27)13-10-18-8-4-5-9-19(18)17-24/h4-5,8-13,16H,2-3,6-7,14-15H2,1H3,(H,25,27)/b13-10+. The topological polar surface area (TPSA) is 99.5 Å². The van der Waals surface area contributed by atoms with Gasteiger partial charge >= 0.3 is 0 Å². The summed E-state index contributed by atoms with van der Waals surface area (Å²) in [6.07, 6.45) is 6.57. The number of anilines is 1. The van der Waals surface area contributed by atoms with E-state index in [9.17, 15) is 13.2 Å². The minimum atomic E-state index is -3.66. The molecule has 1 aliphatic rings. The largest absolute Gasteiger partial charge is 0.495 e. The highest BCUT2D eigenvalue weighted by molar-refractivity contribution is 7.89. The fraction of sp³-hybridized carbons (Fsp3) is 0.304. The molecule has 0 radical (unpaired) electrons. The molecule has 1 amide bonds. The third kappa shape index (κ3) is 5.51. The van der Waals surface area contributed by atoms with Crippen LogP contribution in [0.15, 0.2) is 53.4 Å². The van der Waals surface area contributed by atoms with E-state index < -0.39 is 15.9 Å². The lowest BCUT2D eigenvalue weighted by atomic mass is 10.1. The maximum absolute atomic E-state index is 13.1. The molecule has 1 N–H and O–H groups in total. The minimum Gasteiger partial charge on any atom is -0.495 e. The Labute approximate surface area is 183 Å². The minimum absolute atomic E-state index is 0.115. The number of methoxy groups -OCH3 is 1. The Hall–Kier alpha value is -3.15. The third-order valence-corrected chi connectivity index (χ3v) is 7.02. The first-order chi connectivity index (χ1) is 15.0. The molecule has 0 atom stereocenters. The number of nitrogens with zero attached hydrogens (tertiary/aromatic N) is 2. The van der Waals surface area contributed by atoms with Crippen LogP contribution >= 0.6 is 0 Å². The summed E-state index contributed by atoms with van der Waals surface area (Å²) in [5.74, 6) is -0.107. The highest BCUT2D eigenvalue weighted by Gasteiger charge is 2.26. The summed E-state index contributed by atoms with van der Waals surface area (Å²) in [5.41, 5.74) is 1.33. The summed E-state index contributed by atoms with van der Waals surface area (Å²) >= 11 is 0. The van der Waals surface area contributed by atoms with Gasteiger partial charge in [-0.15, -0.1) is 0 Å². The number of nitrogens with one attached hydrogen (secondary N) is 1. The number of rotatable bonds is 6. The van der Waals surface area contributed by atoms with Crippen LogP contribution in [0.2, 0.25) is 0 Å². The first-order valence-corrected chi connectivity index (χ1v) is 11.6. The molecule has 1 aliphatic heterocycles. The number of carbonyl (C=O) groups excluding carboxylic acids is 1. The van der Waals surface area contributed by atoms with Gasteiger partial charge in [-0.1, -0.05) is 31.0 Å². The summed E-state index contributed by atoms with van der Waals surface area (Å²) in [5, 5.41) is 11.8. The molecule has 0 unspecified atom stereocenters. The van der Waals surface area contributed by atoms with Gasteiger partial charge in [0.1, 0.15) is 5.75 Å². The van der Waals surface area contributed by atoms with Gasteiger partial charge in [0.2, 0.25) is 15.9 Å². The van der Waals surface area contributed by atoms with Crippen LogP contribution in [-0.2, 0) is 14.8 Å². The van der Waals surface area contributed by atoms with Crippen molar-refractivity contribution in [2.45, 2.75) is 30.6 Å². The Balaban J connectivity index is 1.83. The van der Waals surface area contributed by atoms with Crippen molar-refractivity contribution in [3.8, 4) is 11.8 Å². The normalized spacial score (nSPS) is 15.2. The van der Waals surface area contributed by atoms with Gasteiger partial charge in [0.25, 0.3) is 0 Å². The van der Waals surface area contributed by atoms with Crippen LogP contribution in [0.1, 0.15) is 36.8 Å². The Morgan fingerprint density at radius 2 is 1.84 bits per heavy atom. The summed E-state index contributed by atoms with van der Waals surface area (Å²) in [4.78, 5) is 12.6. The molecule has 8 heteroatoms. The van der Waals surface area contributed by atoms with E-state index in [-0.39, 0.29) is 10.6 Å². The molecule has 3 rings (SSSR count). The molecular formula is C23H25N3O4S. The number of nitriles is 1. The number of amides is 1. The Morgan fingerprint density at radius 1 is 1.13 bits per heavy atom. The maximum atomic E-state index is 13.1. The molecule has 0 aliphatic carbocycles. The van der Waals surface area contributed by atoms with Gasteiger partial charge in [0.05, 0.1) is 29.3 Å². The number of ether oxygens (including phenoxy) is 1. The van der Waals surface area contributed by atoms with E-state index >= 15 is 0 Å². The van der Waals surface area contributed by atoms with Crippen molar-refractivity contribution >= 4 is 27.7 Å². The average molecular weight is 440 g/mol. The van der Waals surface area contributed by atoms with Crippen molar-refractivity contribution in [2.24, 2.45) is 0 Å². The third-order valence-electron chi connectivity index (χ3n) is 5.13. The van der Waals surface area contributed by atoms with E-state index in [2.05, 4.69) is 11.4 Å². The Bertz CT molecular complexity index is 1110. The van der Waals surface area contributed by atoms with E-state index in [1.165, 1.54) is 41.8 Å². The lowest BCUT2D eigenvalue weighted by molar-refractivity contribution is -0.111. The number of carbonyl (C=O) groups is 1. The van der Waals surface area contributed by atoms with Crippen LogP contribution in [0, 0.1) is 11.3 Å². The van der Waals surface area contributed by atoms with Gasteiger partial charge < -0.3 is 10.1 Å². The summed E-state index contributed by atoms with van der Waals surface area (Å²) < 4.78 is 33.0. The smallest absolute Gasteiger partial charge is 0.248 e. The Kier molecular flexibility index (Phi) is 7.45. The van der Waals surface area contributed by atoms with Gasteiger partial charge in [0.15, 0.2) is 0 Å². The highest BCUT2D eigenvalue weighted by Crippen LogP contribution is 2.30. The number of benzene rings is 2. The molecule has 162 valence electrons. The van der Waals surface area contributed by atoms with Crippen molar-refractivity contribution in [3.05, 3.63) is 59.7 Å². The fourth-order valence-corrected chi connectivity index (χ4v) is 5.00. The van der Waals surface area contributed by atoms with Crippen molar-refractivity contribution in [3.63, 3.8) is 0 Å². The molecule has 0 saturated carbocycles. The molecule has 0 spiro atoms. The van der Waals surface area contributed by atoms with Crippen LogP contribution in [-0.4, -0.2) is 38.8 Å². The van der Waals surface area contributed by atoms with Gasteiger partial charge in [-0.05, 0) is 48.7 Å². The summed E-state index contributed by atoms with van der Waals surface area (Å²) in [6.45, 7) is 0.994. The van der Waals surface area contributed by atoms with Gasteiger partial charge in [0, 0.05) is 19.2 Å². The van der Waals surface area contributed by atoms with E-state index in [0.29, 0.717) is 30.0 Å². The van der Waals surface area contributed by atoms with Crippen LogP contribution in [0.5, 0.6) is 5.75 Å². The van der Waals surface area contributed by atoms with E-state index in [1.807, 2.05) is 0 Å². The number of hydrogen-bond donors (Lipinski definition) is 1. The second-order valence-corrected chi connectivity index (χ2v) is 9.14. The molecule has 1 saturated heterocycles. The Morgan fingerprint density at radius 3 is 2.52 bits per heavy atom. The zero-order valence-electron chi connectivity index (χ0n) is 17.4. The van der Waals surface area contributed by atoms with Crippen LogP contribution in [0.4, 0.5) is 5.69 Å². The maximum Gasteiger partial charge on any atom is 0.248 e. The monoisotopic (exact) mass is 439 g/mol. The van der Waals surface area contributed by atoms with Crippen LogP contribution in [0.3, 0.4) is 0 Å². The van der Waals surface area contributed by atoms with Gasteiger partial charge in [-0.25, -0.2) is 8.42 Å². The first kappa shape index (κ1) is 22.5. The average Bonchev–Trinajstić information content (AvgIpc) is 3.08. The van der Waals surface area contributed by atoms with Gasteiger partial charge in [-0.3, -0.25) is 4.79 Å². The zero-order chi connectivity index (χ0) is 22.3. The molecular weight excluding hydrogens is 414 g/mol.